The van der Waals surface area contributed by atoms with E-state index < -0.39 is 11.7 Å². The summed E-state index contributed by atoms with van der Waals surface area (Å²) in [6, 6.07) is 30.3. The molecule has 0 aromatic heterocycles. The summed E-state index contributed by atoms with van der Waals surface area (Å²) in [5.74, 6) is 0.101. The van der Waals surface area contributed by atoms with Gasteiger partial charge in [-0.05, 0) is 46.5 Å². The number of carbonyl (C=O) groups is 1. The Hall–Kier alpha value is -3.88. The molecular formula is C34H35F3N4O. The number of hydrogen-bond acceptors (Lipinski definition) is 4. The van der Waals surface area contributed by atoms with Crippen LogP contribution in [0.5, 0.6) is 0 Å². The Morgan fingerprint density at radius 3 is 2.33 bits per heavy atom. The number of carbonyl (C=O) groups excluding carboxylic acids is 1. The molecule has 6 rings (SSSR count). The van der Waals surface area contributed by atoms with Gasteiger partial charge in [0.25, 0.3) is 0 Å². The molecule has 0 radical (unpaired) electrons. The molecule has 2 aliphatic heterocycles. The molecule has 1 N–H and O–H groups in total. The lowest BCUT2D eigenvalue weighted by Crippen LogP contribution is -2.53. The molecule has 2 heterocycles. The van der Waals surface area contributed by atoms with E-state index in [0.717, 1.165) is 19.2 Å². The second kappa shape index (κ2) is 12.2. The van der Waals surface area contributed by atoms with Crippen molar-refractivity contribution in [1.82, 2.24) is 15.1 Å². The fraction of sp³-hybridized carbons (Fsp3) is 0.324. The number of nitrogens with one attached hydrogen (secondary N) is 1. The molecule has 1 amide bonds. The minimum absolute atomic E-state index is 0.101. The zero-order valence-electron chi connectivity index (χ0n) is 23.4. The van der Waals surface area contributed by atoms with Crippen LogP contribution in [-0.4, -0.2) is 60.5 Å². The van der Waals surface area contributed by atoms with Crippen molar-refractivity contribution in [3.63, 3.8) is 0 Å². The van der Waals surface area contributed by atoms with Crippen LogP contribution in [0.1, 0.15) is 23.1 Å². The number of benzene rings is 4. The van der Waals surface area contributed by atoms with Gasteiger partial charge in [0.1, 0.15) is 0 Å². The number of rotatable bonds is 7. The molecule has 8 heteroatoms. The van der Waals surface area contributed by atoms with Crippen LogP contribution in [0.15, 0.2) is 97.1 Å². The minimum Gasteiger partial charge on any atom is -0.368 e. The summed E-state index contributed by atoms with van der Waals surface area (Å²) in [4.78, 5) is 20.0. The van der Waals surface area contributed by atoms with E-state index in [1.807, 2.05) is 34.1 Å². The average molecular weight is 573 g/mol. The van der Waals surface area contributed by atoms with Crippen LogP contribution in [0.2, 0.25) is 0 Å². The maximum atomic E-state index is 13.9. The quantitative estimate of drug-likeness (QED) is 0.298. The van der Waals surface area contributed by atoms with E-state index in [2.05, 4.69) is 58.7 Å². The first-order valence-electron chi connectivity index (χ1n) is 14.5. The van der Waals surface area contributed by atoms with Gasteiger partial charge in [-0.3, -0.25) is 9.69 Å². The number of anilines is 1. The third kappa shape index (κ3) is 6.30. The maximum absolute atomic E-state index is 13.9. The van der Waals surface area contributed by atoms with Crippen molar-refractivity contribution >= 4 is 22.4 Å². The summed E-state index contributed by atoms with van der Waals surface area (Å²) >= 11 is 0. The van der Waals surface area contributed by atoms with Crippen LogP contribution < -0.4 is 10.2 Å². The van der Waals surface area contributed by atoms with Gasteiger partial charge in [-0.1, -0.05) is 78.9 Å². The highest BCUT2D eigenvalue weighted by atomic mass is 19.4. The Bertz CT molecular complexity index is 1510. The number of hydrogen-bond donors (Lipinski definition) is 1. The summed E-state index contributed by atoms with van der Waals surface area (Å²) in [5.41, 5.74) is 2.30. The Kier molecular flexibility index (Phi) is 8.18. The second-order valence-corrected chi connectivity index (χ2v) is 11.2. The molecule has 0 aliphatic carbocycles. The van der Waals surface area contributed by atoms with E-state index in [4.69, 9.17) is 0 Å². The zero-order chi connectivity index (χ0) is 29.1. The molecule has 2 saturated heterocycles. The average Bonchev–Trinajstić information content (AvgIpc) is 3.42. The van der Waals surface area contributed by atoms with E-state index in [0.29, 0.717) is 44.8 Å². The molecule has 4 aromatic carbocycles. The predicted molar refractivity (Wildman–Crippen MR) is 160 cm³/mol. The third-order valence-corrected chi connectivity index (χ3v) is 8.51. The van der Waals surface area contributed by atoms with Crippen molar-refractivity contribution in [2.45, 2.75) is 37.8 Å². The topological polar surface area (TPSA) is 38.8 Å². The van der Waals surface area contributed by atoms with E-state index in [9.17, 15) is 18.0 Å². The Morgan fingerprint density at radius 2 is 1.55 bits per heavy atom. The van der Waals surface area contributed by atoms with Gasteiger partial charge in [0.15, 0.2) is 0 Å². The first-order valence-corrected chi connectivity index (χ1v) is 14.5. The molecule has 2 fully saturated rings. The molecule has 0 unspecified atom stereocenters. The summed E-state index contributed by atoms with van der Waals surface area (Å²) in [7, 11) is 0. The minimum atomic E-state index is -4.38. The highest BCUT2D eigenvalue weighted by Gasteiger charge is 2.39. The van der Waals surface area contributed by atoms with Gasteiger partial charge in [-0.15, -0.1) is 0 Å². The largest absolute Gasteiger partial charge is 0.416 e. The lowest BCUT2D eigenvalue weighted by molar-refractivity contribution is -0.137. The standard InChI is InChI=1S/C34H35F3N4O/c35-34(36,37)28-13-7-14-30(20-28)39-16-18-40(19-17-39)33(42)32-21-29(24-41(32)23-25-8-2-1-3-9-25)38-22-27-12-6-11-26-10-4-5-15-31(26)27/h1-15,20,29,32,38H,16-19,21-24H2/t29-,32+/m1/s1. The molecule has 0 bridgehead atoms. The highest BCUT2D eigenvalue weighted by molar-refractivity contribution is 5.85. The lowest BCUT2D eigenvalue weighted by atomic mass is 10.0. The van der Waals surface area contributed by atoms with Gasteiger partial charge < -0.3 is 15.1 Å². The number of nitrogens with zero attached hydrogens (tertiary/aromatic N) is 3. The number of likely N-dealkylation sites (tertiary alicyclic amines) is 1. The lowest BCUT2D eigenvalue weighted by Gasteiger charge is -2.38. The van der Waals surface area contributed by atoms with Crippen molar-refractivity contribution in [3.8, 4) is 0 Å². The zero-order valence-corrected chi connectivity index (χ0v) is 23.4. The van der Waals surface area contributed by atoms with Gasteiger partial charge in [0.2, 0.25) is 5.91 Å². The number of alkyl halides is 3. The first kappa shape index (κ1) is 28.2. The Labute approximate surface area is 244 Å². The van der Waals surface area contributed by atoms with Crippen molar-refractivity contribution in [1.29, 1.82) is 0 Å². The summed E-state index contributed by atoms with van der Waals surface area (Å²) in [5, 5.41) is 6.18. The van der Waals surface area contributed by atoms with E-state index in [1.165, 1.54) is 34.0 Å². The molecule has 0 spiro atoms. The van der Waals surface area contributed by atoms with Crippen LogP contribution in [0.4, 0.5) is 18.9 Å². The van der Waals surface area contributed by atoms with Crippen LogP contribution in [-0.2, 0) is 24.1 Å². The monoisotopic (exact) mass is 572 g/mol. The van der Waals surface area contributed by atoms with Gasteiger partial charge in [-0.25, -0.2) is 0 Å². The number of fused-ring (bicyclic) bond motifs is 1. The van der Waals surface area contributed by atoms with Gasteiger partial charge in [-0.2, -0.15) is 13.2 Å². The molecule has 0 saturated carbocycles. The summed E-state index contributed by atoms with van der Waals surface area (Å²) < 4.78 is 39.7. The predicted octanol–water partition coefficient (Wildman–Crippen LogP) is 5.94. The molecule has 2 aliphatic rings. The summed E-state index contributed by atoms with van der Waals surface area (Å²) in [6.07, 6.45) is -3.67. The fourth-order valence-corrected chi connectivity index (χ4v) is 6.28. The van der Waals surface area contributed by atoms with Crippen molar-refractivity contribution in [2.24, 2.45) is 0 Å². The number of piperazine rings is 1. The smallest absolute Gasteiger partial charge is 0.368 e. The molecule has 42 heavy (non-hydrogen) atoms. The van der Waals surface area contributed by atoms with Crippen molar-refractivity contribution in [2.75, 3.05) is 37.6 Å². The highest BCUT2D eigenvalue weighted by Crippen LogP contribution is 2.32. The first-order chi connectivity index (χ1) is 20.3. The van der Waals surface area contributed by atoms with Crippen LogP contribution in [0.25, 0.3) is 10.8 Å². The summed E-state index contributed by atoms with van der Waals surface area (Å²) in [6.45, 7) is 4.15. The third-order valence-electron chi connectivity index (χ3n) is 8.51. The van der Waals surface area contributed by atoms with Crippen molar-refractivity contribution < 1.29 is 18.0 Å². The van der Waals surface area contributed by atoms with Crippen LogP contribution in [0, 0.1) is 0 Å². The molecule has 2 atom stereocenters. The SMILES string of the molecule is O=C([C@@H]1C[C@@H](NCc2cccc3ccccc23)CN1Cc1ccccc1)N1CCN(c2cccc(C(F)(F)F)c2)CC1. The second-order valence-electron chi connectivity index (χ2n) is 11.2. The normalized spacial score (nSPS) is 19.9. The van der Waals surface area contributed by atoms with Gasteiger partial charge >= 0.3 is 6.18 Å². The van der Waals surface area contributed by atoms with Crippen molar-refractivity contribution in [3.05, 3.63) is 114 Å². The van der Waals surface area contributed by atoms with Gasteiger partial charge in [0.05, 0.1) is 11.6 Å². The number of halogens is 3. The van der Waals surface area contributed by atoms with Crippen LogP contribution >= 0.6 is 0 Å². The molecule has 5 nitrogen and oxygen atoms in total. The van der Waals surface area contributed by atoms with Gasteiger partial charge in [0, 0.05) is 57.5 Å². The van der Waals surface area contributed by atoms with Crippen LogP contribution in [0.3, 0.4) is 0 Å². The molecule has 4 aromatic rings. The van der Waals surface area contributed by atoms with E-state index >= 15 is 0 Å². The fourth-order valence-electron chi connectivity index (χ4n) is 6.28. The number of amides is 1. The maximum Gasteiger partial charge on any atom is 0.416 e. The van der Waals surface area contributed by atoms with E-state index in [-0.39, 0.29) is 18.0 Å². The Morgan fingerprint density at radius 1 is 0.833 bits per heavy atom. The Balaban J connectivity index is 1.13. The molecule has 218 valence electrons. The molecular weight excluding hydrogens is 537 g/mol. The van der Waals surface area contributed by atoms with E-state index in [1.54, 1.807) is 6.07 Å².